The predicted octanol–water partition coefficient (Wildman–Crippen LogP) is 3.60. The average Bonchev–Trinajstić information content (AvgIpc) is 3.24. The first kappa shape index (κ1) is 13.7. The Bertz CT molecular complexity index is 972. The fourth-order valence-electron chi connectivity index (χ4n) is 2.04. The highest BCUT2D eigenvalue weighted by atomic mass is 32.2. The van der Waals surface area contributed by atoms with Crippen LogP contribution >= 0.6 is 34.4 Å². The number of thioether (sulfide) groups is 1. The van der Waals surface area contributed by atoms with Gasteiger partial charge >= 0.3 is 0 Å². The minimum absolute atomic E-state index is 0.248. The van der Waals surface area contributed by atoms with Gasteiger partial charge in [-0.25, -0.2) is 15.0 Å². The van der Waals surface area contributed by atoms with Crippen LogP contribution in [0, 0.1) is 0 Å². The molecule has 3 heterocycles. The summed E-state index contributed by atoms with van der Waals surface area (Å²) in [6.45, 7) is 0. The molecule has 22 heavy (non-hydrogen) atoms. The highest BCUT2D eigenvalue weighted by Crippen LogP contribution is 2.37. The summed E-state index contributed by atoms with van der Waals surface area (Å²) < 4.78 is 3.19. The molecule has 0 aliphatic rings. The Labute approximate surface area is 137 Å². The Hall–Kier alpha value is -1.97. The van der Waals surface area contributed by atoms with Crippen LogP contribution in [0.1, 0.15) is 10.5 Å². The number of benzene rings is 1. The summed E-state index contributed by atoms with van der Waals surface area (Å²) in [5.41, 5.74) is 2.25. The number of nitrogens with zero attached hydrogens (tertiary/aromatic N) is 3. The molecule has 0 atom stereocenters. The van der Waals surface area contributed by atoms with Crippen LogP contribution in [-0.4, -0.2) is 32.1 Å². The SMILES string of the molecule is CSc1nc2ccc3nc(NC(=O)c4cnc[nH]4)sc3c2s1. The number of anilines is 1. The molecular weight excluding hydrogens is 338 g/mol. The van der Waals surface area contributed by atoms with Crippen LogP contribution in [0.25, 0.3) is 20.4 Å². The summed E-state index contributed by atoms with van der Waals surface area (Å²) in [5, 5.41) is 3.37. The lowest BCUT2D eigenvalue weighted by molar-refractivity contribution is 0.102. The van der Waals surface area contributed by atoms with Crippen LogP contribution in [0.15, 0.2) is 29.0 Å². The van der Waals surface area contributed by atoms with E-state index in [0.29, 0.717) is 10.8 Å². The van der Waals surface area contributed by atoms with E-state index in [1.165, 1.54) is 23.9 Å². The Morgan fingerprint density at radius 2 is 2.00 bits per heavy atom. The lowest BCUT2D eigenvalue weighted by Crippen LogP contribution is -2.11. The molecule has 3 aromatic heterocycles. The molecule has 110 valence electrons. The molecule has 0 fully saturated rings. The average molecular weight is 347 g/mol. The maximum absolute atomic E-state index is 12.0. The topological polar surface area (TPSA) is 83.6 Å². The normalized spacial score (nSPS) is 11.3. The third-order valence-corrected chi connectivity index (χ3v) is 6.24. The first-order valence-electron chi connectivity index (χ1n) is 6.28. The molecule has 9 heteroatoms. The van der Waals surface area contributed by atoms with Gasteiger partial charge in [0.05, 0.1) is 33.0 Å². The summed E-state index contributed by atoms with van der Waals surface area (Å²) in [6.07, 6.45) is 4.96. The fourth-order valence-corrected chi connectivity index (χ4v) is 4.69. The molecule has 0 aliphatic heterocycles. The van der Waals surface area contributed by atoms with Gasteiger partial charge in [-0.15, -0.1) is 11.3 Å². The highest BCUT2D eigenvalue weighted by molar-refractivity contribution is 8.00. The van der Waals surface area contributed by atoms with Crippen molar-refractivity contribution in [2.75, 3.05) is 11.6 Å². The number of thiazole rings is 2. The van der Waals surface area contributed by atoms with Gasteiger partial charge in [0.15, 0.2) is 9.47 Å². The molecule has 0 saturated heterocycles. The minimum Gasteiger partial charge on any atom is -0.341 e. The quantitative estimate of drug-likeness (QED) is 0.553. The van der Waals surface area contributed by atoms with E-state index < -0.39 is 0 Å². The summed E-state index contributed by atoms with van der Waals surface area (Å²) in [7, 11) is 0. The maximum atomic E-state index is 12.0. The first-order chi connectivity index (χ1) is 10.7. The van der Waals surface area contributed by atoms with Crippen LogP contribution in [-0.2, 0) is 0 Å². The van der Waals surface area contributed by atoms with Crippen molar-refractivity contribution in [3.05, 3.63) is 30.4 Å². The minimum atomic E-state index is -0.248. The number of carbonyl (C=O) groups excluding carboxylic acids is 1. The summed E-state index contributed by atoms with van der Waals surface area (Å²) in [4.78, 5) is 27.7. The van der Waals surface area contributed by atoms with Crippen molar-refractivity contribution >= 4 is 65.9 Å². The number of amides is 1. The summed E-state index contributed by atoms with van der Waals surface area (Å²) in [5.74, 6) is -0.248. The van der Waals surface area contributed by atoms with E-state index in [0.717, 1.165) is 24.8 Å². The predicted molar refractivity (Wildman–Crippen MR) is 91.1 cm³/mol. The first-order valence-corrected chi connectivity index (χ1v) is 9.14. The molecule has 0 saturated carbocycles. The van der Waals surface area contributed by atoms with Crippen LogP contribution in [0.3, 0.4) is 0 Å². The zero-order valence-corrected chi connectivity index (χ0v) is 13.7. The van der Waals surface area contributed by atoms with Gasteiger partial charge in [0, 0.05) is 0 Å². The second kappa shape index (κ2) is 5.34. The lowest BCUT2D eigenvalue weighted by atomic mass is 10.3. The fraction of sp³-hybridized carbons (Fsp3) is 0.0769. The Kier molecular flexibility index (Phi) is 3.32. The van der Waals surface area contributed by atoms with Crippen molar-refractivity contribution in [1.82, 2.24) is 19.9 Å². The number of fused-ring (bicyclic) bond motifs is 3. The van der Waals surface area contributed by atoms with Crippen LogP contribution in [0.5, 0.6) is 0 Å². The van der Waals surface area contributed by atoms with Crippen molar-refractivity contribution in [2.45, 2.75) is 4.34 Å². The number of rotatable bonds is 3. The van der Waals surface area contributed by atoms with Crippen LogP contribution in [0.4, 0.5) is 5.13 Å². The van der Waals surface area contributed by atoms with Crippen molar-refractivity contribution < 1.29 is 4.79 Å². The highest BCUT2D eigenvalue weighted by Gasteiger charge is 2.14. The van der Waals surface area contributed by atoms with Crippen molar-refractivity contribution in [2.24, 2.45) is 0 Å². The number of aromatic nitrogens is 4. The number of nitrogens with one attached hydrogen (secondary N) is 2. The van der Waals surface area contributed by atoms with Crippen molar-refractivity contribution in [3.63, 3.8) is 0 Å². The van der Waals surface area contributed by atoms with Gasteiger partial charge < -0.3 is 4.98 Å². The van der Waals surface area contributed by atoms with Crippen molar-refractivity contribution in [3.8, 4) is 0 Å². The van der Waals surface area contributed by atoms with Gasteiger partial charge in [-0.1, -0.05) is 23.1 Å². The molecule has 4 rings (SSSR count). The van der Waals surface area contributed by atoms with E-state index in [-0.39, 0.29) is 5.91 Å². The van der Waals surface area contributed by atoms with Crippen LogP contribution in [0.2, 0.25) is 0 Å². The van der Waals surface area contributed by atoms with Gasteiger partial charge in [0.1, 0.15) is 5.69 Å². The van der Waals surface area contributed by atoms with Gasteiger partial charge in [-0.2, -0.15) is 0 Å². The van der Waals surface area contributed by atoms with E-state index >= 15 is 0 Å². The lowest BCUT2D eigenvalue weighted by Gasteiger charge is -1.96. The van der Waals surface area contributed by atoms with Gasteiger partial charge in [-0.3, -0.25) is 10.1 Å². The largest absolute Gasteiger partial charge is 0.341 e. The Balaban J connectivity index is 1.75. The Morgan fingerprint density at radius 1 is 1.23 bits per heavy atom. The molecule has 0 bridgehead atoms. The Morgan fingerprint density at radius 3 is 2.73 bits per heavy atom. The van der Waals surface area contributed by atoms with E-state index in [1.54, 1.807) is 23.1 Å². The molecule has 0 spiro atoms. The van der Waals surface area contributed by atoms with Crippen molar-refractivity contribution in [1.29, 1.82) is 0 Å². The molecule has 2 N–H and O–H groups in total. The second-order valence-corrected chi connectivity index (χ2v) is 7.44. The summed E-state index contributed by atoms with van der Waals surface area (Å²) in [6, 6.07) is 3.90. The standard InChI is InChI=1S/C13H9N5OS3/c1-20-13-17-7-3-2-6-9(10(7)22-13)21-12(16-6)18-11(19)8-4-14-5-15-8/h2-5H,1H3,(H,14,15)(H,16,18,19). The number of hydrogen-bond acceptors (Lipinski definition) is 7. The van der Waals surface area contributed by atoms with E-state index in [1.807, 2.05) is 18.4 Å². The smallest absolute Gasteiger partial charge is 0.275 e. The zero-order valence-electron chi connectivity index (χ0n) is 11.3. The second-order valence-electron chi connectivity index (χ2n) is 4.38. The third-order valence-electron chi connectivity index (χ3n) is 3.03. The molecule has 0 unspecified atom stereocenters. The van der Waals surface area contributed by atoms with E-state index in [9.17, 15) is 4.79 Å². The van der Waals surface area contributed by atoms with E-state index in [4.69, 9.17) is 0 Å². The monoisotopic (exact) mass is 347 g/mol. The maximum Gasteiger partial charge on any atom is 0.275 e. The molecule has 1 amide bonds. The number of aromatic amines is 1. The molecule has 1 aromatic carbocycles. The molecule has 6 nitrogen and oxygen atoms in total. The van der Waals surface area contributed by atoms with Gasteiger partial charge in [-0.05, 0) is 18.4 Å². The summed E-state index contributed by atoms with van der Waals surface area (Å²) >= 11 is 4.74. The molecule has 0 aliphatic carbocycles. The van der Waals surface area contributed by atoms with Gasteiger partial charge in [0.25, 0.3) is 5.91 Å². The number of H-pyrrole nitrogens is 1. The third kappa shape index (κ3) is 2.27. The van der Waals surface area contributed by atoms with Crippen LogP contribution < -0.4 is 5.32 Å². The van der Waals surface area contributed by atoms with Gasteiger partial charge in [0.2, 0.25) is 0 Å². The zero-order chi connectivity index (χ0) is 15.1. The molecular formula is C13H9N5OS3. The molecule has 0 radical (unpaired) electrons. The number of imidazole rings is 1. The molecule has 4 aromatic rings. The number of hydrogen-bond donors (Lipinski definition) is 2. The van der Waals surface area contributed by atoms with E-state index in [2.05, 4.69) is 25.3 Å². The number of carbonyl (C=O) groups is 1.